The average Bonchev–Trinajstić information content (AvgIpc) is 3.26. The summed E-state index contributed by atoms with van der Waals surface area (Å²) in [5.74, 6) is 1.08. The van der Waals surface area contributed by atoms with Gasteiger partial charge in [-0.05, 0) is 36.8 Å². The minimum Gasteiger partial charge on any atom is -0.493 e. The Bertz CT molecular complexity index is 1540. The molecule has 3 aromatic carbocycles. The molecule has 2 aromatic heterocycles. The van der Waals surface area contributed by atoms with E-state index in [0.717, 1.165) is 27.5 Å². The van der Waals surface area contributed by atoms with Crippen LogP contribution in [-0.2, 0) is 6.42 Å². The van der Waals surface area contributed by atoms with Gasteiger partial charge in [0.15, 0.2) is 17.1 Å². The summed E-state index contributed by atoms with van der Waals surface area (Å²) in [6, 6.07) is 20.1. The van der Waals surface area contributed by atoms with Crippen molar-refractivity contribution in [2.75, 3.05) is 14.2 Å². The first-order chi connectivity index (χ1) is 16.6. The second kappa shape index (κ2) is 8.47. The fourth-order valence-corrected chi connectivity index (χ4v) is 4.32. The van der Waals surface area contributed by atoms with Crippen molar-refractivity contribution in [1.29, 1.82) is 0 Å². The van der Waals surface area contributed by atoms with Gasteiger partial charge in [0.25, 0.3) is 5.69 Å². The number of ether oxygens (including phenoxy) is 2. The van der Waals surface area contributed by atoms with Crippen LogP contribution in [0.1, 0.15) is 12.6 Å². The van der Waals surface area contributed by atoms with Crippen LogP contribution in [0.2, 0.25) is 0 Å². The summed E-state index contributed by atoms with van der Waals surface area (Å²) in [7, 11) is 3.14. The number of nitro groups is 1. The van der Waals surface area contributed by atoms with E-state index in [-0.39, 0.29) is 10.6 Å². The molecular weight excluding hydrogens is 432 g/mol. The van der Waals surface area contributed by atoms with Gasteiger partial charge in [-0.2, -0.15) is 5.10 Å². The van der Waals surface area contributed by atoms with Gasteiger partial charge in [0.2, 0.25) is 0 Å². The lowest BCUT2D eigenvalue weighted by Crippen LogP contribution is -2.00. The standard InChI is InChI=1S/C26H22N4O4/c1-4-20-24-18-14-22(33-2)23(34-3)15-19(18)25(17-12-8-9-13-21(17)30(31)32)27-26(24)29(28-20)16-10-6-5-7-11-16/h5-15H,4H2,1-3H3. The average molecular weight is 454 g/mol. The fraction of sp³-hybridized carbons (Fsp3) is 0.154. The SMILES string of the molecule is CCc1nn(-c2ccccc2)c2nc(-c3ccccc3[N+](=O)[O-])c3cc(OC)c(OC)cc3c12. The number of hydrogen-bond acceptors (Lipinski definition) is 6. The minimum absolute atomic E-state index is 0.0214. The molecule has 0 unspecified atom stereocenters. The molecule has 5 rings (SSSR count). The molecule has 0 atom stereocenters. The molecule has 5 aromatic rings. The van der Waals surface area contributed by atoms with E-state index < -0.39 is 0 Å². The lowest BCUT2D eigenvalue weighted by Gasteiger charge is -2.14. The van der Waals surface area contributed by atoms with Crippen LogP contribution in [0, 0.1) is 10.1 Å². The highest BCUT2D eigenvalue weighted by Crippen LogP contribution is 2.42. The van der Waals surface area contributed by atoms with Crippen LogP contribution >= 0.6 is 0 Å². The first-order valence-corrected chi connectivity index (χ1v) is 10.8. The molecule has 2 heterocycles. The number of aryl methyl sites for hydroxylation is 1. The third kappa shape index (κ3) is 3.31. The normalized spacial score (nSPS) is 11.1. The molecule has 34 heavy (non-hydrogen) atoms. The second-order valence-corrected chi connectivity index (χ2v) is 7.73. The Morgan fingerprint density at radius 1 is 0.941 bits per heavy atom. The maximum absolute atomic E-state index is 11.9. The summed E-state index contributed by atoms with van der Waals surface area (Å²) in [4.78, 5) is 16.5. The first kappa shape index (κ1) is 21.4. The Labute approximate surface area is 195 Å². The van der Waals surface area contributed by atoms with Gasteiger partial charge in [0.05, 0.1) is 47.2 Å². The molecular formula is C26H22N4O4. The van der Waals surface area contributed by atoms with Crippen molar-refractivity contribution < 1.29 is 14.4 Å². The van der Waals surface area contributed by atoms with Gasteiger partial charge in [0, 0.05) is 16.8 Å². The summed E-state index contributed by atoms with van der Waals surface area (Å²) in [5, 5.41) is 19.2. The van der Waals surface area contributed by atoms with E-state index in [4.69, 9.17) is 19.6 Å². The maximum atomic E-state index is 11.9. The van der Waals surface area contributed by atoms with Crippen molar-refractivity contribution in [2.24, 2.45) is 0 Å². The summed E-state index contributed by atoms with van der Waals surface area (Å²) >= 11 is 0. The maximum Gasteiger partial charge on any atom is 0.278 e. The number of rotatable bonds is 6. The molecule has 0 saturated carbocycles. The molecule has 0 bridgehead atoms. The van der Waals surface area contributed by atoms with E-state index in [2.05, 4.69) is 0 Å². The van der Waals surface area contributed by atoms with E-state index in [9.17, 15) is 10.1 Å². The Morgan fingerprint density at radius 2 is 1.59 bits per heavy atom. The summed E-state index contributed by atoms with van der Waals surface area (Å²) in [6.45, 7) is 2.04. The van der Waals surface area contributed by atoms with Gasteiger partial charge < -0.3 is 9.47 Å². The number of hydrogen-bond donors (Lipinski definition) is 0. The molecule has 8 heteroatoms. The quantitative estimate of drug-likeness (QED) is 0.240. The first-order valence-electron chi connectivity index (χ1n) is 10.8. The lowest BCUT2D eigenvalue weighted by molar-refractivity contribution is -0.384. The predicted molar refractivity (Wildman–Crippen MR) is 131 cm³/mol. The molecule has 0 aliphatic carbocycles. The Morgan fingerprint density at radius 3 is 2.24 bits per heavy atom. The fourth-order valence-electron chi connectivity index (χ4n) is 4.32. The molecule has 0 aliphatic heterocycles. The number of para-hydroxylation sites is 2. The molecule has 0 spiro atoms. The number of methoxy groups -OCH3 is 2. The van der Waals surface area contributed by atoms with Crippen molar-refractivity contribution in [3.05, 3.63) is 82.5 Å². The number of pyridine rings is 1. The van der Waals surface area contributed by atoms with Crippen LogP contribution < -0.4 is 9.47 Å². The topological polar surface area (TPSA) is 92.3 Å². The van der Waals surface area contributed by atoms with E-state index in [1.165, 1.54) is 6.07 Å². The number of fused-ring (bicyclic) bond motifs is 3. The third-order valence-corrected chi connectivity index (χ3v) is 5.89. The molecule has 0 radical (unpaired) electrons. The van der Waals surface area contributed by atoms with E-state index >= 15 is 0 Å². The highest BCUT2D eigenvalue weighted by Gasteiger charge is 2.24. The lowest BCUT2D eigenvalue weighted by atomic mass is 9.98. The predicted octanol–water partition coefficient (Wildman–Crippen LogP) is 5.73. The van der Waals surface area contributed by atoms with E-state index in [0.29, 0.717) is 34.8 Å². The summed E-state index contributed by atoms with van der Waals surface area (Å²) < 4.78 is 12.9. The molecule has 0 amide bonds. The smallest absolute Gasteiger partial charge is 0.278 e. The number of nitro benzene ring substituents is 1. The second-order valence-electron chi connectivity index (χ2n) is 7.73. The highest BCUT2D eigenvalue weighted by molar-refractivity contribution is 6.13. The van der Waals surface area contributed by atoms with Crippen LogP contribution in [-0.4, -0.2) is 33.9 Å². The molecule has 0 aliphatic rings. The Hall–Kier alpha value is -4.46. The van der Waals surface area contributed by atoms with E-state index in [1.807, 2.05) is 49.4 Å². The number of nitrogens with zero attached hydrogens (tertiary/aromatic N) is 4. The van der Waals surface area contributed by atoms with Crippen LogP contribution in [0.4, 0.5) is 5.69 Å². The van der Waals surface area contributed by atoms with Gasteiger partial charge >= 0.3 is 0 Å². The zero-order chi connectivity index (χ0) is 23.8. The molecule has 0 fully saturated rings. The number of benzene rings is 3. The zero-order valence-electron chi connectivity index (χ0n) is 19.0. The molecule has 0 saturated heterocycles. The van der Waals surface area contributed by atoms with Crippen LogP contribution in [0.3, 0.4) is 0 Å². The van der Waals surface area contributed by atoms with Crippen molar-refractivity contribution >= 4 is 27.5 Å². The zero-order valence-corrected chi connectivity index (χ0v) is 19.0. The molecule has 8 nitrogen and oxygen atoms in total. The van der Waals surface area contributed by atoms with Gasteiger partial charge in [-0.25, -0.2) is 9.67 Å². The van der Waals surface area contributed by atoms with Gasteiger partial charge in [-0.3, -0.25) is 10.1 Å². The summed E-state index contributed by atoms with van der Waals surface area (Å²) in [6.07, 6.45) is 0.687. The third-order valence-electron chi connectivity index (χ3n) is 5.89. The van der Waals surface area contributed by atoms with Crippen molar-refractivity contribution in [3.63, 3.8) is 0 Å². The van der Waals surface area contributed by atoms with Gasteiger partial charge in [-0.15, -0.1) is 0 Å². The van der Waals surface area contributed by atoms with Crippen LogP contribution in [0.5, 0.6) is 11.5 Å². The Balaban J connectivity index is 1.99. The van der Waals surface area contributed by atoms with Crippen molar-refractivity contribution in [2.45, 2.75) is 13.3 Å². The summed E-state index contributed by atoms with van der Waals surface area (Å²) in [5.41, 5.74) is 3.23. The largest absolute Gasteiger partial charge is 0.493 e. The monoisotopic (exact) mass is 454 g/mol. The minimum atomic E-state index is -0.389. The number of aromatic nitrogens is 3. The van der Waals surface area contributed by atoms with Crippen molar-refractivity contribution in [1.82, 2.24) is 14.8 Å². The van der Waals surface area contributed by atoms with Crippen LogP contribution in [0.15, 0.2) is 66.7 Å². The van der Waals surface area contributed by atoms with Gasteiger partial charge in [-0.1, -0.05) is 37.3 Å². The van der Waals surface area contributed by atoms with Crippen LogP contribution in [0.25, 0.3) is 38.8 Å². The van der Waals surface area contributed by atoms with Gasteiger partial charge in [0.1, 0.15) is 0 Å². The Kier molecular flexibility index (Phi) is 5.33. The molecule has 0 N–H and O–H groups in total. The van der Waals surface area contributed by atoms with Crippen molar-refractivity contribution in [3.8, 4) is 28.4 Å². The highest BCUT2D eigenvalue weighted by atomic mass is 16.6. The van der Waals surface area contributed by atoms with E-state index in [1.54, 1.807) is 37.1 Å². The molecule has 170 valence electrons.